The molecule has 0 aliphatic carbocycles. The number of nitrogen functional groups attached to an aromatic ring is 1. The largest absolute Gasteiger partial charge is 0.454 e. The number of nitrogens with zero attached hydrogens (tertiary/aromatic N) is 1. The highest BCUT2D eigenvalue weighted by Crippen LogP contribution is 2.16. The Hall–Kier alpha value is -1.85. The summed E-state index contributed by atoms with van der Waals surface area (Å²) in [6.07, 6.45) is 3.62. The van der Waals surface area contributed by atoms with Gasteiger partial charge in [-0.05, 0) is 13.0 Å². The van der Waals surface area contributed by atoms with E-state index in [2.05, 4.69) is 23.5 Å². The van der Waals surface area contributed by atoms with E-state index in [1.807, 2.05) is 25.1 Å². The Morgan fingerprint density at radius 1 is 1.50 bits per heavy atom. The molecular weight excluding hydrogens is 230 g/mol. The zero-order valence-electron chi connectivity index (χ0n) is 10.6. The van der Waals surface area contributed by atoms with E-state index in [1.165, 1.54) is 0 Å². The smallest absolute Gasteiger partial charge is 0.301 e. The van der Waals surface area contributed by atoms with E-state index in [4.69, 9.17) is 10.3 Å². The predicted octanol–water partition coefficient (Wildman–Crippen LogP) is 1.37. The zero-order chi connectivity index (χ0) is 13.5. The number of nitrogens with two attached hydrogens (primary N) is 1. The maximum Gasteiger partial charge on any atom is 0.301 e. The van der Waals surface area contributed by atoms with Gasteiger partial charge in [-0.2, -0.15) is 0 Å². The molecule has 0 unspecified atom stereocenters. The van der Waals surface area contributed by atoms with Crippen LogP contribution in [0.2, 0.25) is 0 Å². The summed E-state index contributed by atoms with van der Waals surface area (Å²) in [6.45, 7) is 11.3. The zero-order valence-corrected chi connectivity index (χ0v) is 10.6. The van der Waals surface area contributed by atoms with E-state index >= 15 is 0 Å². The van der Waals surface area contributed by atoms with E-state index in [9.17, 15) is 4.79 Å². The molecule has 1 aromatic heterocycles. The van der Waals surface area contributed by atoms with Crippen molar-refractivity contribution in [2.45, 2.75) is 13.5 Å². The molecule has 5 nitrogen and oxygen atoms in total. The van der Waals surface area contributed by atoms with Gasteiger partial charge in [0, 0.05) is 18.7 Å². The van der Waals surface area contributed by atoms with Crippen molar-refractivity contribution in [1.29, 1.82) is 0 Å². The number of hydrogen-bond donors (Lipinski definition) is 2. The van der Waals surface area contributed by atoms with Gasteiger partial charge in [-0.1, -0.05) is 12.2 Å². The molecule has 0 aromatic carbocycles. The fourth-order valence-electron chi connectivity index (χ4n) is 1.71. The quantitative estimate of drug-likeness (QED) is 0.331. The van der Waals surface area contributed by atoms with Crippen molar-refractivity contribution in [2.24, 2.45) is 5.84 Å². The minimum atomic E-state index is -0.419. The van der Waals surface area contributed by atoms with Crippen molar-refractivity contribution in [1.82, 2.24) is 10.3 Å². The Bertz CT molecular complexity index is 427. The highest BCUT2D eigenvalue weighted by Gasteiger charge is 2.15. The summed E-state index contributed by atoms with van der Waals surface area (Å²) >= 11 is 0. The van der Waals surface area contributed by atoms with Gasteiger partial charge in [0.1, 0.15) is 5.76 Å². The third-order valence-electron chi connectivity index (χ3n) is 2.46. The number of carbonyl (C=O) groups is 1. The van der Waals surface area contributed by atoms with Gasteiger partial charge in [0.15, 0.2) is 5.76 Å². The first kappa shape index (κ1) is 14.2. The van der Waals surface area contributed by atoms with Gasteiger partial charge < -0.3 is 4.42 Å². The number of amides is 1. The maximum atomic E-state index is 11.4. The van der Waals surface area contributed by atoms with Crippen LogP contribution in [0.25, 0.3) is 0 Å². The van der Waals surface area contributed by atoms with E-state index in [1.54, 1.807) is 0 Å². The average Bonchev–Trinajstić information content (AvgIpc) is 2.70. The van der Waals surface area contributed by atoms with Crippen LogP contribution in [0.4, 0.5) is 0 Å². The molecule has 1 heterocycles. The van der Waals surface area contributed by atoms with Gasteiger partial charge in [-0.3, -0.25) is 15.1 Å². The fourth-order valence-corrected chi connectivity index (χ4v) is 1.71. The molecule has 0 aliphatic rings. The number of hydrogen-bond acceptors (Lipinski definition) is 4. The molecule has 0 saturated heterocycles. The molecule has 1 aromatic rings. The van der Waals surface area contributed by atoms with Crippen molar-refractivity contribution in [2.75, 3.05) is 13.1 Å². The molecule has 5 heteroatoms. The van der Waals surface area contributed by atoms with Gasteiger partial charge in [0.25, 0.3) is 0 Å². The number of hydrazine groups is 1. The summed E-state index contributed by atoms with van der Waals surface area (Å²) in [4.78, 5) is 13.5. The van der Waals surface area contributed by atoms with Crippen LogP contribution < -0.4 is 11.3 Å². The minimum Gasteiger partial charge on any atom is -0.454 e. The topological polar surface area (TPSA) is 71.5 Å². The van der Waals surface area contributed by atoms with Crippen LogP contribution in [0.15, 0.2) is 35.8 Å². The average molecular weight is 249 g/mol. The van der Waals surface area contributed by atoms with Crippen LogP contribution in [-0.4, -0.2) is 23.9 Å². The fraction of sp³-hybridized carbons (Fsp3) is 0.308. The van der Waals surface area contributed by atoms with Gasteiger partial charge >= 0.3 is 5.91 Å². The van der Waals surface area contributed by atoms with Gasteiger partial charge in [-0.25, -0.2) is 5.84 Å². The van der Waals surface area contributed by atoms with E-state index in [0.717, 1.165) is 24.4 Å². The molecule has 18 heavy (non-hydrogen) atoms. The Labute approximate surface area is 107 Å². The standard InChI is InChI=1S/C13H19N3O2/c1-4-6-16(7-5-2)9-11-8-10(3)12(18-11)13(17)15-14/h4-5,8H,1-2,6-7,9,14H2,3H3,(H,15,17). The second-order valence-electron chi connectivity index (χ2n) is 3.97. The Morgan fingerprint density at radius 2 is 2.11 bits per heavy atom. The van der Waals surface area contributed by atoms with Gasteiger partial charge in [0.05, 0.1) is 6.54 Å². The Morgan fingerprint density at radius 3 is 2.61 bits per heavy atom. The summed E-state index contributed by atoms with van der Waals surface area (Å²) < 4.78 is 5.49. The SMILES string of the molecule is C=CCN(CC=C)Cc1cc(C)c(C(=O)NN)o1. The van der Waals surface area contributed by atoms with Crippen LogP contribution in [0.1, 0.15) is 21.9 Å². The number of carbonyl (C=O) groups excluding carboxylic acids is 1. The van der Waals surface area contributed by atoms with Gasteiger partial charge in [0.2, 0.25) is 0 Å². The first-order valence-corrected chi connectivity index (χ1v) is 5.66. The lowest BCUT2D eigenvalue weighted by Gasteiger charge is -2.16. The van der Waals surface area contributed by atoms with Crippen molar-refractivity contribution < 1.29 is 9.21 Å². The van der Waals surface area contributed by atoms with Crippen LogP contribution in [-0.2, 0) is 6.54 Å². The summed E-state index contributed by atoms with van der Waals surface area (Å²) in [5, 5.41) is 0. The number of furan rings is 1. The predicted molar refractivity (Wildman–Crippen MR) is 70.8 cm³/mol. The Kier molecular flexibility index (Phi) is 5.35. The van der Waals surface area contributed by atoms with E-state index in [-0.39, 0.29) is 5.76 Å². The normalized spacial score (nSPS) is 10.4. The molecular formula is C13H19N3O2. The molecule has 0 aliphatic heterocycles. The highest BCUT2D eigenvalue weighted by molar-refractivity contribution is 5.92. The van der Waals surface area contributed by atoms with Crippen LogP contribution in [0, 0.1) is 6.92 Å². The Balaban J connectivity index is 2.80. The first-order valence-electron chi connectivity index (χ1n) is 5.66. The number of aryl methyl sites for hydroxylation is 1. The summed E-state index contributed by atoms with van der Waals surface area (Å²) in [7, 11) is 0. The lowest BCUT2D eigenvalue weighted by molar-refractivity contribution is 0.0921. The molecule has 3 N–H and O–H groups in total. The summed E-state index contributed by atoms with van der Waals surface area (Å²) in [6, 6.07) is 1.84. The number of nitrogens with one attached hydrogen (secondary N) is 1. The van der Waals surface area contributed by atoms with Crippen LogP contribution >= 0.6 is 0 Å². The third kappa shape index (κ3) is 3.58. The first-order chi connectivity index (χ1) is 8.62. The van der Waals surface area contributed by atoms with Crippen LogP contribution in [0.3, 0.4) is 0 Å². The van der Waals surface area contributed by atoms with Crippen molar-refractivity contribution in [3.05, 3.63) is 48.5 Å². The second-order valence-corrected chi connectivity index (χ2v) is 3.97. The molecule has 0 fully saturated rings. The van der Waals surface area contributed by atoms with Crippen molar-refractivity contribution >= 4 is 5.91 Å². The lowest BCUT2D eigenvalue weighted by atomic mass is 10.2. The van der Waals surface area contributed by atoms with E-state index in [0.29, 0.717) is 6.54 Å². The highest BCUT2D eigenvalue weighted by atomic mass is 16.4. The molecule has 1 amide bonds. The lowest BCUT2D eigenvalue weighted by Crippen LogP contribution is -2.30. The summed E-state index contributed by atoms with van der Waals surface area (Å²) in [5.74, 6) is 5.64. The molecule has 98 valence electrons. The molecule has 0 atom stereocenters. The van der Waals surface area contributed by atoms with Crippen molar-refractivity contribution in [3.8, 4) is 0 Å². The van der Waals surface area contributed by atoms with E-state index < -0.39 is 5.91 Å². The van der Waals surface area contributed by atoms with Gasteiger partial charge in [-0.15, -0.1) is 13.2 Å². The second kappa shape index (κ2) is 6.78. The number of rotatable bonds is 7. The summed E-state index contributed by atoms with van der Waals surface area (Å²) in [5.41, 5.74) is 2.83. The maximum absolute atomic E-state index is 11.4. The molecule has 0 saturated carbocycles. The molecule has 0 spiro atoms. The minimum absolute atomic E-state index is 0.254. The molecule has 1 rings (SSSR count). The molecule has 0 radical (unpaired) electrons. The molecule has 0 bridgehead atoms. The monoisotopic (exact) mass is 249 g/mol. The van der Waals surface area contributed by atoms with Crippen molar-refractivity contribution in [3.63, 3.8) is 0 Å². The van der Waals surface area contributed by atoms with Crippen LogP contribution in [0.5, 0.6) is 0 Å². The third-order valence-corrected chi connectivity index (χ3v) is 2.46.